The maximum atomic E-state index is 14.4. The van der Waals surface area contributed by atoms with Gasteiger partial charge in [-0.1, -0.05) is 35.9 Å². The van der Waals surface area contributed by atoms with E-state index in [1.807, 2.05) is 48.6 Å². The van der Waals surface area contributed by atoms with Crippen LogP contribution in [0.25, 0.3) is 12.2 Å². The third-order valence-electron chi connectivity index (χ3n) is 10.2. The Kier molecular flexibility index (Phi) is 8.93. The molecule has 0 spiro atoms. The number of rotatable bonds is 8. The van der Waals surface area contributed by atoms with Crippen molar-refractivity contribution >= 4 is 57.2 Å². The Bertz CT molecular complexity index is 2100. The van der Waals surface area contributed by atoms with Crippen molar-refractivity contribution in [2.75, 3.05) is 33.3 Å². The van der Waals surface area contributed by atoms with Crippen molar-refractivity contribution in [1.82, 2.24) is 0 Å². The zero-order valence-electron chi connectivity index (χ0n) is 28.3. The second-order valence-corrected chi connectivity index (χ2v) is 13.6. The molecule has 4 aliphatic rings. The number of halogens is 1. The van der Waals surface area contributed by atoms with Gasteiger partial charge in [0.05, 0.1) is 50.4 Å². The second-order valence-electron chi connectivity index (χ2n) is 12.7. The van der Waals surface area contributed by atoms with Gasteiger partial charge in [0.1, 0.15) is 11.5 Å². The molecular weight excluding hydrogens is 718 g/mol. The van der Waals surface area contributed by atoms with Gasteiger partial charge in [-0.3, -0.25) is 24.1 Å². The van der Waals surface area contributed by atoms with Gasteiger partial charge in [0.15, 0.2) is 23.1 Å². The number of carbonyl (C=O) groups is 4. The van der Waals surface area contributed by atoms with Crippen LogP contribution in [0.5, 0.6) is 28.7 Å². The number of phenolic OH excluding ortho intramolecular Hbond substituents is 1. The molecule has 3 aromatic rings. The molecule has 0 radical (unpaired) electrons. The molecule has 1 saturated heterocycles. The molecule has 7 rings (SSSR count). The number of Topliss-reactive ketones (excluding diaryl/α,β-unsaturated/α-hetero) is 1. The Morgan fingerprint density at radius 1 is 0.804 bits per heavy atom. The molecule has 10 nitrogen and oxygen atoms in total. The Morgan fingerprint density at radius 3 is 2.14 bits per heavy atom. The maximum absolute atomic E-state index is 14.4. The van der Waals surface area contributed by atoms with Crippen LogP contribution in [0.3, 0.4) is 0 Å². The van der Waals surface area contributed by atoms with Crippen LogP contribution >= 0.6 is 15.9 Å². The lowest BCUT2D eigenvalue weighted by atomic mass is 9.59. The number of nitrogens with zero attached hydrogens (tertiary/aromatic N) is 1. The van der Waals surface area contributed by atoms with Gasteiger partial charge in [-0.05, 0) is 88.3 Å². The molecule has 2 amide bonds. The molecule has 51 heavy (non-hydrogen) atoms. The van der Waals surface area contributed by atoms with Crippen molar-refractivity contribution in [3.05, 3.63) is 105 Å². The average molecular weight is 753 g/mol. The first-order valence-electron chi connectivity index (χ1n) is 16.3. The van der Waals surface area contributed by atoms with Crippen LogP contribution < -0.4 is 23.8 Å². The van der Waals surface area contributed by atoms with Gasteiger partial charge in [0.25, 0.3) is 0 Å². The molecule has 1 fully saturated rings. The van der Waals surface area contributed by atoms with Crippen LogP contribution in [0, 0.1) is 17.8 Å². The summed E-state index contributed by atoms with van der Waals surface area (Å²) in [7, 11) is 6.01. The van der Waals surface area contributed by atoms with Gasteiger partial charge in [-0.2, -0.15) is 0 Å². The zero-order valence-corrected chi connectivity index (χ0v) is 29.9. The minimum Gasteiger partial charge on any atom is -0.502 e. The van der Waals surface area contributed by atoms with Gasteiger partial charge < -0.3 is 24.1 Å². The minimum atomic E-state index is -0.748. The standard InChI is InChI=1S/C40H34BrNO9/c1-48-24-11-14-31(49-2)21(15-24)8-5-20-6-9-23(10-7-20)42-39(46)26-13-12-25-27(35(26)40(42)47)18-28-36(30(43)19-29(41)37(28)44)34(25)22-16-32(50-3)38(45)33(17-22)51-4/h5-12,14-17,19,26-27,34-35,45H,13,18H2,1-4H3/t26-,27+,34-,35-/m0/s1. The lowest BCUT2D eigenvalue weighted by Gasteiger charge is -2.42. The van der Waals surface area contributed by atoms with Gasteiger partial charge in [0.2, 0.25) is 17.6 Å². The number of hydrogen-bond donors (Lipinski definition) is 1. The smallest absolute Gasteiger partial charge is 0.238 e. The molecule has 0 aromatic heterocycles. The number of ketones is 2. The highest BCUT2D eigenvalue weighted by Gasteiger charge is 2.56. The summed E-state index contributed by atoms with van der Waals surface area (Å²) in [5.74, 6) is -2.52. The molecule has 1 N–H and O–H groups in total. The second kappa shape index (κ2) is 13.4. The Labute approximate surface area is 302 Å². The summed E-state index contributed by atoms with van der Waals surface area (Å²) in [5.41, 5.74) is 4.06. The largest absolute Gasteiger partial charge is 0.502 e. The van der Waals surface area contributed by atoms with E-state index in [4.69, 9.17) is 18.9 Å². The molecule has 0 saturated carbocycles. The van der Waals surface area contributed by atoms with E-state index >= 15 is 0 Å². The molecule has 260 valence electrons. The van der Waals surface area contributed by atoms with E-state index < -0.39 is 23.7 Å². The zero-order chi connectivity index (χ0) is 36.1. The normalized spacial score (nSPS) is 22.7. The van der Waals surface area contributed by atoms with Gasteiger partial charge in [-0.25, -0.2) is 0 Å². The van der Waals surface area contributed by atoms with Crippen molar-refractivity contribution in [1.29, 1.82) is 0 Å². The molecule has 0 bridgehead atoms. The van der Waals surface area contributed by atoms with Gasteiger partial charge >= 0.3 is 0 Å². The first-order chi connectivity index (χ1) is 24.6. The number of fused-ring (bicyclic) bond motifs is 3. The molecule has 1 heterocycles. The van der Waals surface area contributed by atoms with Crippen LogP contribution in [0.1, 0.15) is 35.4 Å². The van der Waals surface area contributed by atoms with Crippen LogP contribution in [0.4, 0.5) is 5.69 Å². The van der Waals surface area contributed by atoms with Crippen molar-refractivity contribution in [2.45, 2.75) is 18.8 Å². The molecule has 3 aliphatic carbocycles. The summed E-state index contributed by atoms with van der Waals surface area (Å²) in [5, 5.41) is 10.7. The van der Waals surface area contributed by atoms with Crippen molar-refractivity contribution in [2.24, 2.45) is 17.8 Å². The number of amides is 2. The third-order valence-corrected chi connectivity index (χ3v) is 10.8. The van der Waals surface area contributed by atoms with E-state index in [9.17, 15) is 24.3 Å². The molecule has 11 heteroatoms. The molecular formula is C40H34BrNO9. The van der Waals surface area contributed by atoms with Crippen molar-refractivity contribution < 1.29 is 43.2 Å². The number of methoxy groups -OCH3 is 4. The van der Waals surface area contributed by atoms with E-state index in [1.165, 1.54) is 25.2 Å². The molecule has 0 unspecified atom stereocenters. The highest BCUT2D eigenvalue weighted by Crippen LogP contribution is 2.56. The summed E-state index contributed by atoms with van der Waals surface area (Å²) in [6.07, 6.45) is 7.43. The van der Waals surface area contributed by atoms with E-state index in [0.717, 1.165) is 16.7 Å². The highest BCUT2D eigenvalue weighted by molar-refractivity contribution is 9.12. The van der Waals surface area contributed by atoms with E-state index in [2.05, 4.69) is 15.9 Å². The summed E-state index contributed by atoms with van der Waals surface area (Å²) < 4.78 is 21.8. The number of allylic oxidation sites excluding steroid dienone is 6. The quantitative estimate of drug-likeness (QED) is 0.118. The predicted octanol–water partition coefficient (Wildman–Crippen LogP) is 6.56. The fourth-order valence-corrected chi connectivity index (χ4v) is 8.26. The topological polar surface area (TPSA) is 129 Å². The number of carbonyl (C=O) groups excluding carboxylic acids is 4. The average Bonchev–Trinajstić information content (AvgIpc) is 3.41. The maximum Gasteiger partial charge on any atom is 0.238 e. The van der Waals surface area contributed by atoms with Gasteiger partial charge in [0, 0.05) is 28.7 Å². The minimum absolute atomic E-state index is 0.128. The Balaban J connectivity index is 1.23. The predicted molar refractivity (Wildman–Crippen MR) is 193 cm³/mol. The number of phenols is 1. The monoisotopic (exact) mass is 751 g/mol. The lowest BCUT2D eigenvalue weighted by Crippen LogP contribution is -2.39. The molecule has 4 atom stereocenters. The van der Waals surface area contributed by atoms with Crippen LogP contribution in [-0.2, 0) is 19.2 Å². The van der Waals surface area contributed by atoms with Crippen molar-refractivity contribution in [3.8, 4) is 28.7 Å². The van der Waals surface area contributed by atoms with E-state index in [0.29, 0.717) is 33.9 Å². The highest BCUT2D eigenvalue weighted by atomic mass is 79.9. The van der Waals surface area contributed by atoms with E-state index in [1.54, 1.807) is 38.5 Å². The van der Waals surface area contributed by atoms with Crippen molar-refractivity contribution in [3.63, 3.8) is 0 Å². The number of hydrogen-bond acceptors (Lipinski definition) is 9. The van der Waals surface area contributed by atoms with Crippen LogP contribution in [-0.4, -0.2) is 56.9 Å². The fourth-order valence-electron chi connectivity index (χ4n) is 7.81. The molecule has 3 aromatic carbocycles. The summed E-state index contributed by atoms with van der Waals surface area (Å²) >= 11 is 3.26. The van der Waals surface area contributed by atoms with E-state index in [-0.39, 0.29) is 58.0 Å². The van der Waals surface area contributed by atoms with Crippen LogP contribution in [0.15, 0.2) is 88.0 Å². The lowest BCUT2D eigenvalue weighted by molar-refractivity contribution is -0.123. The van der Waals surface area contributed by atoms with Gasteiger partial charge in [-0.15, -0.1) is 0 Å². The van der Waals surface area contributed by atoms with Crippen LogP contribution in [0.2, 0.25) is 0 Å². The first-order valence-corrected chi connectivity index (χ1v) is 17.1. The first kappa shape index (κ1) is 34.0. The SMILES string of the molecule is COc1ccc(OC)c(C=Cc2ccc(N3C(=O)[C@H]4[C@H](CC=C5[C@H](c6cc(OC)c(O)c(OC)c6)C6=C(C[C@H]54)C(=O)C(Br)=CC6=O)C3=O)cc2)c1. The number of ether oxygens (including phenoxy) is 4. The number of benzene rings is 3. The Hall–Kier alpha value is -5.42. The summed E-state index contributed by atoms with van der Waals surface area (Å²) in [6.45, 7) is 0. The summed E-state index contributed by atoms with van der Waals surface area (Å²) in [6, 6.07) is 15.9. The Morgan fingerprint density at radius 2 is 1.49 bits per heavy atom. The number of imide groups is 1. The number of anilines is 1. The third kappa shape index (κ3) is 5.65. The molecule has 1 aliphatic heterocycles. The summed E-state index contributed by atoms with van der Waals surface area (Å²) in [4.78, 5) is 56.8. The fraction of sp³-hybridized carbons (Fsp3) is 0.250. The number of aromatic hydroxyl groups is 1.